The number of carbonyl (C=O) groups is 1. The van der Waals surface area contributed by atoms with E-state index in [4.69, 9.17) is 4.74 Å². The number of rotatable bonds is 5. The van der Waals surface area contributed by atoms with Crippen LogP contribution in [0.5, 0.6) is 0 Å². The number of fused-ring (bicyclic) bond motifs is 1. The fourth-order valence-corrected chi connectivity index (χ4v) is 2.05. The highest BCUT2D eigenvalue weighted by atomic mass is 16.5. The lowest BCUT2D eigenvalue weighted by Crippen LogP contribution is -2.26. The second-order valence-electron chi connectivity index (χ2n) is 4.78. The smallest absolute Gasteiger partial charge is 0.320 e. The Hall–Kier alpha value is -1.87. The fraction of sp³-hybridized carbons (Fsp3) is 0.312. The predicted molar refractivity (Wildman–Crippen MR) is 76.9 cm³/mol. The summed E-state index contributed by atoms with van der Waals surface area (Å²) in [6.07, 6.45) is -0.0631. The van der Waals surface area contributed by atoms with Crippen LogP contribution in [-0.2, 0) is 16.1 Å². The largest absolute Gasteiger partial charge is 0.462 e. The Balaban J connectivity index is 1.97. The molecule has 0 unspecified atom stereocenters. The van der Waals surface area contributed by atoms with E-state index < -0.39 is 0 Å². The zero-order chi connectivity index (χ0) is 13.7. The van der Waals surface area contributed by atoms with Crippen LogP contribution in [0.1, 0.15) is 19.4 Å². The fourth-order valence-electron chi connectivity index (χ4n) is 2.05. The van der Waals surface area contributed by atoms with Gasteiger partial charge in [0.25, 0.3) is 0 Å². The maximum atomic E-state index is 11.4. The van der Waals surface area contributed by atoms with Crippen molar-refractivity contribution in [3.05, 3.63) is 48.0 Å². The summed E-state index contributed by atoms with van der Waals surface area (Å²) in [6, 6.07) is 14.4. The van der Waals surface area contributed by atoms with Crippen LogP contribution >= 0.6 is 0 Å². The number of esters is 1. The maximum Gasteiger partial charge on any atom is 0.320 e. The van der Waals surface area contributed by atoms with E-state index in [1.165, 1.54) is 16.3 Å². The van der Waals surface area contributed by atoms with Crippen molar-refractivity contribution in [2.75, 3.05) is 6.54 Å². The number of benzene rings is 2. The summed E-state index contributed by atoms with van der Waals surface area (Å²) in [5.74, 6) is -0.213. The van der Waals surface area contributed by atoms with Gasteiger partial charge in [0, 0.05) is 6.54 Å². The normalized spacial score (nSPS) is 10.9. The predicted octanol–water partition coefficient (Wildman–Crippen LogP) is 2.88. The van der Waals surface area contributed by atoms with E-state index in [-0.39, 0.29) is 18.6 Å². The molecule has 19 heavy (non-hydrogen) atoms. The van der Waals surface area contributed by atoms with Crippen LogP contribution in [0.3, 0.4) is 0 Å². The number of ether oxygens (including phenoxy) is 1. The number of hydrogen-bond acceptors (Lipinski definition) is 3. The lowest BCUT2D eigenvalue weighted by atomic mass is 10.0. The molecule has 0 spiro atoms. The zero-order valence-corrected chi connectivity index (χ0v) is 11.3. The summed E-state index contributed by atoms with van der Waals surface area (Å²) >= 11 is 0. The molecule has 3 nitrogen and oxygen atoms in total. The molecule has 0 saturated heterocycles. The van der Waals surface area contributed by atoms with Gasteiger partial charge in [0.15, 0.2) is 0 Å². The van der Waals surface area contributed by atoms with E-state index in [0.717, 1.165) is 0 Å². The van der Waals surface area contributed by atoms with Crippen LogP contribution in [-0.4, -0.2) is 18.6 Å². The molecule has 0 amide bonds. The molecular weight excluding hydrogens is 238 g/mol. The number of hydrogen-bond donors (Lipinski definition) is 1. The van der Waals surface area contributed by atoms with E-state index in [0.29, 0.717) is 6.54 Å². The molecule has 0 saturated carbocycles. The van der Waals surface area contributed by atoms with Gasteiger partial charge in [-0.25, -0.2) is 0 Å². The minimum atomic E-state index is -0.213. The summed E-state index contributed by atoms with van der Waals surface area (Å²) in [7, 11) is 0. The Morgan fingerprint density at radius 1 is 1.16 bits per heavy atom. The third kappa shape index (κ3) is 3.80. The second kappa shape index (κ2) is 6.34. The summed E-state index contributed by atoms with van der Waals surface area (Å²) < 4.78 is 5.07. The van der Waals surface area contributed by atoms with Crippen molar-refractivity contribution < 1.29 is 9.53 Å². The second-order valence-corrected chi connectivity index (χ2v) is 4.78. The van der Waals surface area contributed by atoms with Crippen LogP contribution in [0, 0.1) is 0 Å². The average molecular weight is 257 g/mol. The minimum Gasteiger partial charge on any atom is -0.462 e. The molecular formula is C16H19NO2. The quantitative estimate of drug-likeness (QED) is 0.837. The highest BCUT2D eigenvalue weighted by Crippen LogP contribution is 2.17. The van der Waals surface area contributed by atoms with E-state index in [1.807, 2.05) is 32.0 Å². The summed E-state index contributed by atoms with van der Waals surface area (Å²) in [4.78, 5) is 11.4. The topological polar surface area (TPSA) is 38.3 Å². The van der Waals surface area contributed by atoms with E-state index in [1.54, 1.807) is 0 Å². The highest BCUT2D eigenvalue weighted by Gasteiger charge is 2.05. The Morgan fingerprint density at radius 2 is 1.89 bits per heavy atom. The van der Waals surface area contributed by atoms with Gasteiger partial charge in [-0.3, -0.25) is 4.79 Å². The van der Waals surface area contributed by atoms with E-state index >= 15 is 0 Å². The van der Waals surface area contributed by atoms with Crippen LogP contribution in [0.15, 0.2) is 42.5 Å². The molecule has 0 aromatic heterocycles. The third-order valence-electron chi connectivity index (χ3n) is 2.83. The van der Waals surface area contributed by atoms with Crippen molar-refractivity contribution in [1.82, 2.24) is 5.32 Å². The van der Waals surface area contributed by atoms with E-state index in [9.17, 15) is 4.79 Å². The lowest BCUT2D eigenvalue weighted by Gasteiger charge is -2.10. The van der Waals surface area contributed by atoms with Crippen molar-refractivity contribution in [3.8, 4) is 0 Å². The SMILES string of the molecule is CC(C)OC(=O)CNCc1cccc2ccccc12. The Bertz CT molecular complexity index is 558. The minimum absolute atomic E-state index is 0.0631. The van der Waals surface area contributed by atoms with Gasteiger partial charge in [-0.05, 0) is 30.2 Å². The van der Waals surface area contributed by atoms with Crippen molar-refractivity contribution in [2.45, 2.75) is 26.5 Å². The van der Waals surface area contributed by atoms with Crippen LogP contribution < -0.4 is 5.32 Å². The molecule has 1 N–H and O–H groups in total. The Morgan fingerprint density at radius 3 is 2.68 bits per heavy atom. The first-order valence-electron chi connectivity index (χ1n) is 6.53. The lowest BCUT2D eigenvalue weighted by molar-refractivity contribution is -0.146. The molecule has 0 radical (unpaired) electrons. The number of carbonyl (C=O) groups excluding carboxylic acids is 1. The van der Waals surface area contributed by atoms with Gasteiger partial charge in [0.1, 0.15) is 0 Å². The Kier molecular flexibility index (Phi) is 4.53. The molecule has 0 aliphatic rings. The van der Waals surface area contributed by atoms with Crippen LogP contribution in [0.4, 0.5) is 0 Å². The first kappa shape index (κ1) is 13.6. The first-order valence-corrected chi connectivity index (χ1v) is 6.53. The molecule has 3 heteroatoms. The van der Waals surface area contributed by atoms with Gasteiger partial charge in [0.2, 0.25) is 0 Å². The van der Waals surface area contributed by atoms with E-state index in [2.05, 4.69) is 29.6 Å². The standard InChI is InChI=1S/C16H19NO2/c1-12(2)19-16(18)11-17-10-14-8-5-7-13-6-3-4-9-15(13)14/h3-9,12,17H,10-11H2,1-2H3. The molecule has 2 aromatic rings. The molecule has 0 aliphatic heterocycles. The zero-order valence-electron chi connectivity index (χ0n) is 11.3. The molecule has 0 fully saturated rings. The molecule has 0 bridgehead atoms. The molecule has 2 rings (SSSR count). The van der Waals surface area contributed by atoms with Crippen molar-refractivity contribution in [2.24, 2.45) is 0 Å². The average Bonchev–Trinajstić information content (AvgIpc) is 2.38. The molecule has 100 valence electrons. The van der Waals surface area contributed by atoms with Crippen molar-refractivity contribution >= 4 is 16.7 Å². The first-order chi connectivity index (χ1) is 9.16. The van der Waals surface area contributed by atoms with Crippen molar-refractivity contribution in [1.29, 1.82) is 0 Å². The molecule has 0 aliphatic carbocycles. The summed E-state index contributed by atoms with van der Waals surface area (Å²) in [5.41, 5.74) is 1.19. The molecule has 0 atom stereocenters. The van der Waals surface area contributed by atoms with Gasteiger partial charge in [-0.2, -0.15) is 0 Å². The maximum absolute atomic E-state index is 11.4. The van der Waals surface area contributed by atoms with Gasteiger partial charge in [0.05, 0.1) is 12.6 Å². The summed E-state index contributed by atoms with van der Waals surface area (Å²) in [6.45, 7) is 4.60. The third-order valence-corrected chi connectivity index (χ3v) is 2.83. The van der Waals surface area contributed by atoms with Gasteiger partial charge in [-0.1, -0.05) is 42.5 Å². The van der Waals surface area contributed by atoms with Gasteiger partial charge in [-0.15, -0.1) is 0 Å². The van der Waals surface area contributed by atoms with Crippen molar-refractivity contribution in [3.63, 3.8) is 0 Å². The van der Waals surface area contributed by atoms with Crippen LogP contribution in [0.25, 0.3) is 10.8 Å². The Labute approximate surface area is 113 Å². The summed E-state index contributed by atoms with van der Waals surface area (Å²) in [5, 5.41) is 5.56. The highest BCUT2D eigenvalue weighted by molar-refractivity contribution is 5.85. The molecule has 0 heterocycles. The molecule has 2 aromatic carbocycles. The van der Waals surface area contributed by atoms with Gasteiger partial charge >= 0.3 is 5.97 Å². The monoisotopic (exact) mass is 257 g/mol. The van der Waals surface area contributed by atoms with Gasteiger partial charge < -0.3 is 10.1 Å². The van der Waals surface area contributed by atoms with Crippen LogP contribution in [0.2, 0.25) is 0 Å². The number of nitrogens with one attached hydrogen (secondary N) is 1.